The highest BCUT2D eigenvalue weighted by Gasteiger charge is 2.11. The van der Waals surface area contributed by atoms with E-state index in [1.165, 1.54) is 13.2 Å². The molecule has 0 unspecified atom stereocenters. The summed E-state index contributed by atoms with van der Waals surface area (Å²) < 4.78 is 4.95. The van der Waals surface area contributed by atoms with E-state index in [0.29, 0.717) is 16.9 Å². The van der Waals surface area contributed by atoms with Crippen LogP contribution < -0.4 is 4.74 Å². The summed E-state index contributed by atoms with van der Waals surface area (Å²) in [6, 6.07) is 2.96. The first-order chi connectivity index (χ1) is 6.24. The number of aromatic hydroxyl groups is 1. The SMILES string of the molecule is COc1ccc(O)c(CO)c1CO. The Balaban J connectivity index is 3.27. The largest absolute Gasteiger partial charge is 0.508 e. The molecule has 0 atom stereocenters. The summed E-state index contributed by atoms with van der Waals surface area (Å²) in [6.45, 7) is -0.591. The fraction of sp³-hybridized carbons (Fsp3) is 0.333. The third-order valence-electron chi connectivity index (χ3n) is 1.90. The molecule has 3 N–H and O–H groups in total. The molecule has 1 rings (SSSR count). The van der Waals surface area contributed by atoms with Crippen LogP contribution in [0.5, 0.6) is 11.5 Å². The van der Waals surface area contributed by atoms with Crippen LogP contribution in [0.15, 0.2) is 12.1 Å². The quantitative estimate of drug-likeness (QED) is 0.635. The van der Waals surface area contributed by atoms with Gasteiger partial charge in [-0.1, -0.05) is 0 Å². The lowest BCUT2D eigenvalue weighted by molar-refractivity contribution is 0.249. The van der Waals surface area contributed by atoms with Gasteiger partial charge >= 0.3 is 0 Å². The lowest BCUT2D eigenvalue weighted by Crippen LogP contribution is -1.98. The molecule has 0 heterocycles. The molecule has 0 spiro atoms. The van der Waals surface area contributed by atoms with Crippen molar-refractivity contribution in [3.8, 4) is 11.5 Å². The Morgan fingerprint density at radius 3 is 2.23 bits per heavy atom. The molecule has 0 amide bonds. The van der Waals surface area contributed by atoms with Gasteiger partial charge in [-0.05, 0) is 12.1 Å². The standard InChI is InChI=1S/C9H12O4/c1-13-9-3-2-8(12)6(4-10)7(9)5-11/h2-3,10-12H,4-5H2,1H3. The third kappa shape index (κ3) is 1.74. The second kappa shape index (κ2) is 4.11. The van der Waals surface area contributed by atoms with Crippen LogP contribution in [0.25, 0.3) is 0 Å². The Hall–Kier alpha value is -1.26. The van der Waals surface area contributed by atoms with Crippen molar-refractivity contribution >= 4 is 0 Å². The molecule has 0 aliphatic rings. The minimum atomic E-state index is -0.321. The van der Waals surface area contributed by atoms with E-state index in [1.54, 1.807) is 6.07 Å². The molecule has 0 fully saturated rings. The summed E-state index contributed by atoms with van der Waals surface area (Å²) in [5, 5.41) is 27.2. The van der Waals surface area contributed by atoms with Crippen molar-refractivity contribution in [1.82, 2.24) is 0 Å². The Bertz CT molecular complexity index is 296. The molecular formula is C9H12O4. The van der Waals surface area contributed by atoms with Gasteiger partial charge in [0.05, 0.1) is 20.3 Å². The Morgan fingerprint density at radius 2 is 1.77 bits per heavy atom. The van der Waals surface area contributed by atoms with Crippen LogP contribution in [0.1, 0.15) is 11.1 Å². The molecule has 1 aromatic rings. The van der Waals surface area contributed by atoms with E-state index in [1.807, 2.05) is 0 Å². The molecule has 0 aliphatic heterocycles. The van der Waals surface area contributed by atoms with Gasteiger partial charge in [-0.2, -0.15) is 0 Å². The monoisotopic (exact) mass is 184 g/mol. The van der Waals surface area contributed by atoms with E-state index < -0.39 is 0 Å². The summed E-state index contributed by atoms with van der Waals surface area (Å²) >= 11 is 0. The second-order valence-electron chi connectivity index (χ2n) is 2.56. The number of aliphatic hydroxyl groups excluding tert-OH is 2. The number of methoxy groups -OCH3 is 1. The van der Waals surface area contributed by atoms with E-state index in [9.17, 15) is 5.11 Å². The molecule has 0 aromatic heterocycles. The van der Waals surface area contributed by atoms with E-state index in [2.05, 4.69) is 0 Å². The molecule has 1 aromatic carbocycles. The van der Waals surface area contributed by atoms with Gasteiger partial charge in [-0.25, -0.2) is 0 Å². The molecule has 0 radical (unpaired) electrons. The van der Waals surface area contributed by atoms with Crippen LogP contribution in [0.3, 0.4) is 0 Å². The van der Waals surface area contributed by atoms with Gasteiger partial charge in [0, 0.05) is 11.1 Å². The first-order valence-corrected chi connectivity index (χ1v) is 3.84. The topological polar surface area (TPSA) is 69.9 Å². The van der Waals surface area contributed by atoms with Crippen molar-refractivity contribution in [1.29, 1.82) is 0 Å². The van der Waals surface area contributed by atoms with E-state index in [0.717, 1.165) is 0 Å². The van der Waals surface area contributed by atoms with E-state index in [-0.39, 0.29) is 19.0 Å². The van der Waals surface area contributed by atoms with Crippen LogP contribution in [-0.4, -0.2) is 22.4 Å². The number of aliphatic hydroxyl groups is 2. The van der Waals surface area contributed by atoms with Crippen molar-refractivity contribution in [2.24, 2.45) is 0 Å². The second-order valence-corrected chi connectivity index (χ2v) is 2.56. The number of hydrogen-bond acceptors (Lipinski definition) is 4. The van der Waals surface area contributed by atoms with Crippen molar-refractivity contribution in [3.63, 3.8) is 0 Å². The maximum Gasteiger partial charge on any atom is 0.125 e. The van der Waals surface area contributed by atoms with Gasteiger partial charge < -0.3 is 20.1 Å². The Morgan fingerprint density at radius 1 is 1.15 bits per heavy atom. The third-order valence-corrected chi connectivity index (χ3v) is 1.90. The summed E-state index contributed by atoms with van der Waals surface area (Å²) in [6.07, 6.45) is 0. The van der Waals surface area contributed by atoms with Gasteiger partial charge in [-0.3, -0.25) is 0 Å². The summed E-state index contributed by atoms with van der Waals surface area (Å²) in [4.78, 5) is 0. The molecule has 4 heteroatoms. The van der Waals surface area contributed by atoms with Gasteiger partial charge in [0.25, 0.3) is 0 Å². The fourth-order valence-electron chi connectivity index (χ4n) is 1.20. The van der Waals surface area contributed by atoms with Crippen LogP contribution >= 0.6 is 0 Å². The Labute approximate surface area is 76.0 Å². The van der Waals surface area contributed by atoms with Crippen LogP contribution in [0, 0.1) is 0 Å². The highest BCUT2D eigenvalue weighted by atomic mass is 16.5. The fourth-order valence-corrected chi connectivity index (χ4v) is 1.20. The maximum atomic E-state index is 9.32. The first kappa shape index (κ1) is 9.83. The molecule has 4 nitrogen and oxygen atoms in total. The minimum Gasteiger partial charge on any atom is -0.508 e. The van der Waals surface area contributed by atoms with Crippen LogP contribution in [0.4, 0.5) is 0 Å². The first-order valence-electron chi connectivity index (χ1n) is 3.84. The van der Waals surface area contributed by atoms with Crippen molar-refractivity contribution in [2.45, 2.75) is 13.2 Å². The molecule has 0 aliphatic carbocycles. The van der Waals surface area contributed by atoms with Gasteiger partial charge in [-0.15, -0.1) is 0 Å². The average molecular weight is 184 g/mol. The predicted molar refractivity (Wildman–Crippen MR) is 46.5 cm³/mol. The molecule has 0 bridgehead atoms. The number of hydrogen-bond donors (Lipinski definition) is 3. The zero-order valence-corrected chi connectivity index (χ0v) is 7.32. The van der Waals surface area contributed by atoms with Crippen molar-refractivity contribution in [2.75, 3.05) is 7.11 Å². The zero-order valence-electron chi connectivity index (χ0n) is 7.32. The van der Waals surface area contributed by atoms with Crippen molar-refractivity contribution < 1.29 is 20.1 Å². The van der Waals surface area contributed by atoms with E-state index in [4.69, 9.17) is 14.9 Å². The highest BCUT2D eigenvalue weighted by molar-refractivity contribution is 5.47. The van der Waals surface area contributed by atoms with E-state index >= 15 is 0 Å². The summed E-state index contributed by atoms with van der Waals surface area (Å²) in [5.74, 6) is 0.428. The molecule has 72 valence electrons. The Kier molecular flexibility index (Phi) is 3.11. The maximum absolute atomic E-state index is 9.32. The van der Waals surface area contributed by atoms with Crippen molar-refractivity contribution in [3.05, 3.63) is 23.3 Å². The lowest BCUT2D eigenvalue weighted by atomic mass is 10.1. The summed E-state index contributed by atoms with van der Waals surface area (Å²) in [7, 11) is 1.46. The summed E-state index contributed by atoms with van der Waals surface area (Å²) in [5.41, 5.74) is 0.729. The highest BCUT2D eigenvalue weighted by Crippen LogP contribution is 2.29. The number of benzene rings is 1. The molecule has 0 saturated heterocycles. The minimum absolute atomic E-state index is 0.0349. The predicted octanol–water partition coefficient (Wildman–Crippen LogP) is 0.385. The van der Waals surface area contributed by atoms with Gasteiger partial charge in [0.1, 0.15) is 11.5 Å². The molecular weight excluding hydrogens is 172 g/mol. The zero-order chi connectivity index (χ0) is 9.84. The van der Waals surface area contributed by atoms with Gasteiger partial charge in [0.2, 0.25) is 0 Å². The smallest absolute Gasteiger partial charge is 0.125 e. The average Bonchev–Trinajstić information content (AvgIpc) is 2.17. The normalized spacial score (nSPS) is 10.1. The molecule has 13 heavy (non-hydrogen) atoms. The number of ether oxygens (including phenoxy) is 1. The molecule has 0 saturated carbocycles. The number of rotatable bonds is 3. The van der Waals surface area contributed by atoms with Crippen LogP contribution in [0.2, 0.25) is 0 Å². The number of phenols is 1. The van der Waals surface area contributed by atoms with Crippen LogP contribution in [-0.2, 0) is 13.2 Å². The van der Waals surface area contributed by atoms with Gasteiger partial charge in [0.15, 0.2) is 0 Å². The lowest BCUT2D eigenvalue weighted by Gasteiger charge is -2.11.